The number of hydrogen-bond donors (Lipinski definition) is 4. The fourth-order valence-corrected chi connectivity index (χ4v) is 4.23. The van der Waals surface area contributed by atoms with Crippen LogP contribution in [0.3, 0.4) is 0 Å². The third kappa shape index (κ3) is 17.4. The zero-order valence-corrected chi connectivity index (χ0v) is 22.9. The van der Waals surface area contributed by atoms with Crippen LogP contribution in [0.4, 0.5) is 0 Å². The van der Waals surface area contributed by atoms with Crippen molar-refractivity contribution < 1.29 is 52.1 Å². The molecule has 0 aromatic carbocycles. The van der Waals surface area contributed by atoms with E-state index >= 15 is 0 Å². The van der Waals surface area contributed by atoms with Gasteiger partial charge in [0.15, 0.2) is 5.25 Å². The summed E-state index contributed by atoms with van der Waals surface area (Å²) in [4.78, 5) is 34.8. The van der Waals surface area contributed by atoms with Gasteiger partial charge in [0.2, 0.25) is 0 Å². The molecule has 0 saturated carbocycles. The topological polar surface area (TPSA) is 185 Å². The Kier molecular flexibility index (Phi) is 19.3. The van der Waals surface area contributed by atoms with Gasteiger partial charge in [-0.05, 0) is 6.42 Å². The number of hydrogen-bond acceptors (Lipinski definition) is 9. The first-order valence-electron chi connectivity index (χ1n) is 13.2. The number of carbonyl (C=O) groups excluding carboxylic acids is 2. The van der Waals surface area contributed by atoms with E-state index in [9.17, 15) is 33.0 Å². The smallest absolute Gasteiger partial charge is 0.325 e. The molecule has 4 N–H and O–H groups in total. The summed E-state index contributed by atoms with van der Waals surface area (Å²) in [6.07, 6.45) is 14.2. The standard InChI is InChI=1S/C25H46O11S/c1-2-3-4-5-6-7-8-9-10-11-12-13-14-15-22(28)35-19-25(17-26,18-27)20-36-23(29)16-21(24(30)31)37(32,33)34/h21,26-27H,2-20H2,1H3,(H,30,31)(H,32,33,34). The highest BCUT2D eigenvalue weighted by Gasteiger charge is 2.36. The highest BCUT2D eigenvalue weighted by atomic mass is 32.2. The Morgan fingerprint density at radius 3 is 1.51 bits per heavy atom. The van der Waals surface area contributed by atoms with E-state index in [1.165, 1.54) is 57.8 Å². The predicted octanol–water partition coefficient (Wildman–Crippen LogP) is 3.26. The molecule has 0 aromatic heterocycles. The fourth-order valence-electron chi connectivity index (χ4n) is 3.63. The minimum Gasteiger partial charge on any atom is -0.480 e. The monoisotopic (exact) mass is 554 g/mol. The van der Waals surface area contributed by atoms with Gasteiger partial charge >= 0.3 is 17.9 Å². The SMILES string of the molecule is CCCCCCCCCCCCCCCC(=O)OCC(CO)(CO)COC(=O)CC(C(=O)O)S(=O)(=O)O. The molecular weight excluding hydrogens is 508 g/mol. The van der Waals surface area contributed by atoms with Crippen molar-refractivity contribution in [1.82, 2.24) is 0 Å². The minimum absolute atomic E-state index is 0.166. The quantitative estimate of drug-likeness (QED) is 0.0779. The Bertz CT molecular complexity index is 748. The molecule has 0 aliphatic rings. The van der Waals surface area contributed by atoms with Gasteiger partial charge in [0.05, 0.1) is 25.0 Å². The molecule has 0 aliphatic carbocycles. The molecule has 0 spiro atoms. The van der Waals surface area contributed by atoms with Crippen molar-refractivity contribution in [1.29, 1.82) is 0 Å². The fraction of sp³-hybridized carbons (Fsp3) is 0.880. The largest absolute Gasteiger partial charge is 0.480 e. The Hall–Kier alpha value is -1.76. The van der Waals surface area contributed by atoms with Gasteiger partial charge in [-0.3, -0.25) is 18.9 Å². The first kappa shape index (κ1) is 35.2. The van der Waals surface area contributed by atoms with Gasteiger partial charge in [-0.25, -0.2) is 0 Å². The van der Waals surface area contributed by atoms with Gasteiger partial charge in [0, 0.05) is 6.42 Å². The highest BCUT2D eigenvalue weighted by Crippen LogP contribution is 2.19. The van der Waals surface area contributed by atoms with E-state index in [-0.39, 0.29) is 6.42 Å². The third-order valence-corrected chi connectivity index (χ3v) is 7.31. The summed E-state index contributed by atoms with van der Waals surface area (Å²) in [6, 6.07) is 0. The molecule has 0 saturated heterocycles. The van der Waals surface area contributed by atoms with Crippen molar-refractivity contribution >= 4 is 28.0 Å². The molecule has 0 aliphatic heterocycles. The summed E-state index contributed by atoms with van der Waals surface area (Å²) in [5.74, 6) is -3.75. The molecular formula is C25H46O11S. The lowest BCUT2D eigenvalue weighted by molar-refractivity contribution is -0.160. The Labute approximate surface area is 220 Å². The molecule has 0 fully saturated rings. The summed E-state index contributed by atoms with van der Waals surface area (Å²) in [7, 11) is -5.04. The molecule has 0 bridgehead atoms. The predicted molar refractivity (Wildman–Crippen MR) is 136 cm³/mol. The molecule has 218 valence electrons. The second-order valence-corrected chi connectivity index (χ2v) is 11.3. The van der Waals surface area contributed by atoms with Crippen LogP contribution in [-0.4, -0.2) is 77.9 Å². The Balaban J connectivity index is 4.14. The first-order valence-corrected chi connectivity index (χ1v) is 14.7. The van der Waals surface area contributed by atoms with Gasteiger partial charge in [0.25, 0.3) is 10.1 Å². The van der Waals surface area contributed by atoms with Crippen molar-refractivity contribution in [3.8, 4) is 0 Å². The number of carbonyl (C=O) groups is 3. The number of rotatable bonds is 24. The van der Waals surface area contributed by atoms with Crippen LogP contribution in [0.5, 0.6) is 0 Å². The van der Waals surface area contributed by atoms with E-state index in [2.05, 4.69) is 6.92 Å². The molecule has 37 heavy (non-hydrogen) atoms. The number of carboxylic acids is 1. The van der Waals surface area contributed by atoms with E-state index < -0.39 is 71.5 Å². The second kappa shape index (κ2) is 20.2. The number of ether oxygens (including phenoxy) is 2. The Morgan fingerprint density at radius 2 is 1.14 bits per heavy atom. The number of esters is 2. The van der Waals surface area contributed by atoms with Gasteiger partial charge in [-0.15, -0.1) is 0 Å². The van der Waals surface area contributed by atoms with Crippen LogP contribution in [0.25, 0.3) is 0 Å². The molecule has 0 aromatic rings. The van der Waals surface area contributed by atoms with E-state index in [1.807, 2.05) is 0 Å². The van der Waals surface area contributed by atoms with E-state index in [4.69, 9.17) is 19.1 Å². The van der Waals surface area contributed by atoms with Gasteiger partial charge in [-0.1, -0.05) is 84.0 Å². The van der Waals surface area contributed by atoms with Crippen molar-refractivity contribution in [3.05, 3.63) is 0 Å². The normalized spacial score (nSPS) is 12.8. The van der Waals surface area contributed by atoms with Gasteiger partial charge in [0.1, 0.15) is 13.2 Å². The number of carboxylic acid groups (broad SMARTS) is 1. The van der Waals surface area contributed by atoms with Crippen LogP contribution < -0.4 is 0 Å². The maximum atomic E-state index is 12.0. The summed E-state index contributed by atoms with van der Waals surface area (Å²) >= 11 is 0. The minimum atomic E-state index is -5.04. The maximum absolute atomic E-state index is 12.0. The van der Waals surface area contributed by atoms with Gasteiger partial charge < -0.3 is 24.8 Å². The third-order valence-electron chi connectivity index (χ3n) is 6.22. The van der Waals surface area contributed by atoms with Crippen LogP contribution in [0.1, 0.15) is 103 Å². The van der Waals surface area contributed by atoms with Crippen LogP contribution in [0.2, 0.25) is 0 Å². The summed E-state index contributed by atoms with van der Waals surface area (Å²) < 4.78 is 40.9. The van der Waals surface area contributed by atoms with Crippen LogP contribution in [0, 0.1) is 5.41 Å². The molecule has 1 atom stereocenters. The summed E-state index contributed by atoms with van der Waals surface area (Å²) in [5.41, 5.74) is -1.54. The molecule has 12 heteroatoms. The van der Waals surface area contributed by atoms with Crippen molar-refractivity contribution in [3.63, 3.8) is 0 Å². The summed E-state index contributed by atoms with van der Waals surface area (Å²) in [6.45, 7) is -0.324. The molecule has 0 heterocycles. The zero-order valence-electron chi connectivity index (χ0n) is 22.1. The number of aliphatic hydroxyl groups excluding tert-OH is 2. The lowest BCUT2D eigenvalue weighted by Crippen LogP contribution is -2.41. The Morgan fingerprint density at radius 1 is 0.730 bits per heavy atom. The van der Waals surface area contributed by atoms with Crippen molar-refractivity contribution in [2.75, 3.05) is 26.4 Å². The average Bonchev–Trinajstić information content (AvgIpc) is 2.85. The first-order chi connectivity index (χ1) is 17.5. The molecule has 0 rings (SSSR count). The lowest BCUT2D eigenvalue weighted by Gasteiger charge is -2.28. The van der Waals surface area contributed by atoms with E-state index in [0.717, 1.165) is 19.3 Å². The average molecular weight is 555 g/mol. The van der Waals surface area contributed by atoms with E-state index in [1.54, 1.807) is 0 Å². The molecule has 0 radical (unpaired) electrons. The highest BCUT2D eigenvalue weighted by molar-refractivity contribution is 7.87. The zero-order chi connectivity index (χ0) is 28.2. The van der Waals surface area contributed by atoms with Gasteiger partial charge in [-0.2, -0.15) is 8.42 Å². The number of aliphatic carboxylic acids is 1. The second-order valence-electron chi connectivity index (χ2n) is 9.68. The molecule has 1 unspecified atom stereocenters. The molecule has 11 nitrogen and oxygen atoms in total. The number of unbranched alkanes of at least 4 members (excludes halogenated alkanes) is 12. The molecule has 0 amide bonds. The summed E-state index contributed by atoms with van der Waals surface area (Å²) in [5, 5.41) is 25.7. The van der Waals surface area contributed by atoms with Crippen LogP contribution >= 0.6 is 0 Å². The lowest BCUT2D eigenvalue weighted by atomic mass is 9.92. The van der Waals surface area contributed by atoms with Crippen molar-refractivity contribution in [2.45, 2.75) is 108 Å². The van der Waals surface area contributed by atoms with Crippen LogP contribution in [-0.2, 0) is 34.0 Å². The van der Waals surface area contributed by atoms with Crippen LogP contribution in [0.15, 0.2) is 0 Å². The van der Waals surface area contributed by atoms with Crippen molar-refractivity contribution in [2.24, 2.45) is 5.41 Å². The maximum Gasteiger partial charge on any atom is 0.325 e. The van der Waals surface area contributed by atoms with E-state index in [0.29, 0.717) is 6.42 Å². The number of aliphatic hydroxyl groups is 2.